The van der Waals surface area contributed by atoms with Crippen LogP contribution in [0, 0.1) is 0 Å². The van der Waals surface area contributed by atoms with Crippen molar-refractivity contribution in [3.63, 3.8) is 0 Å². The third kappa shape index (κ3) is 5.27. The number of rotatable bonds is 5. The molecule has 0 bridgehead atoms. The Hall–Kier alpha value is -0.0800. The van der Waals surface area contributed by atoms with Gasteiger partial charge in [0.15, 0.2) is 6.29 Å². The average molecular weight is 186 g/mol. The standard InChI is InChI=1S/C11H22O2/c1-2-3-4-5-8-11-12-9-6-7-10-13-11/h11H,2-10H2,1H3. The van der Waals surface area contributed by atoms with Crippen LogP contribution in [0.1, 0.15) is 51.9 Å². The molecule has 0 atom stereocenters. The van der Waals surface area contributed by atoms with E-state index in [1.807, 2.05) is 0 Å². The van der Waals surface area contributed by atoms with Crippen LogP contribution in [0.2, 0.25) is 0 Å². The zero-order valence-electron chi connectivity index (χ0n) is 8.76. The number of hydrogen-bond donors (Lipinski definition) is 0. The lowest BCUT2D eigenvalue weighted by atomic mass is 10.1. The molecule has 0 aromatic heterocycles. The minimum absolute atomic E-state index is 0.0966. The first-order valence-corrected chi connectivity index (χ1v) is 5.66. The topological polar surface area (TPSA) is 18.5 Å². The lowest BCUT2D eigenvalue weighted by Gasteiger charge is -2.14. The summed E-state index contributed by atoms with van der Waals surface area (Å²) in [5.74, 6) is 0. The number of hydrogen-bond acceptors (Lipinski definition) is 2. The third-order valence-electron chi connectivity index (χ3n) is 2.44. The van der Waals surface area contributed by atoms with E-state index < -0.39 is 0 Å². The largest absolute Gasteiger partial charge is 0.353 e. The van der Waals surface area contributed by atoms with E-state index in [-0.39, 0.29) is 6.29 Å². The molecule has 1 fully saturated rings. The van der Waals surface area contributed by atoms with Crippen molar-refractivity contribution >= 4 is 0 Å². The molecule has 1 aliphatic heterocycles. The number of ether oxygens (including phenoxy) is 2. The van der Waals surface area contributed by atoms with E-state index >= 15 is 0 Å². The summed E-state index contributed by atoms with van der Waals surface area (Å²) in [6.07, 6.45) is 8.70. The number of unbranched alkanes of at least 4 members (excludes halogenated alkanes) is 3. The lowest BCUT2D eigenvalue weighted by molar-refractivity contribution is -0.130. The summed E-state index contributed by atoms with van der Waals surface area (Å²) in [4.78, 5) is 0. The summed E-state index contributed by atoms with van der Waals surface area (Å²) in [5, 5.41) is 0. The monoisotopic (exact) mass is 186 g/mol. The van der Waals surface area contributed by atoms with Crippen LogP contribution in [-0.2, 0) is 9.47 Å². The van der Waals surface area contributed by atoms with Crippen LogP contribution in [-0.4, -0.2) is 19.5 Å². The van der Waals surface area contributed by atoms with Gasteiger partial charge in [-0.25, -0.2) is 0 Å². The Labute approximate surface area is 81.6 Å². The van der Waals surface area contributed by atoms with Gasteiger partial charge in [-0.05, 0) is 25.7 Å². The fraction of sp³-hybridized carbons (Fsp3) is 1.00. The van der Waals surface area contributed by atoms with E-state index in [4.69, 9.17) is 9.47 Å². The molecule has 2 heteroatoms. The van der Waals surface area contributed by atoms with E-state index in [9.17, 15) is 0 Å². The first-order valence-electron chi connectivity index (χ1n) is 5.66. The maximum absolute atomic E-state index is 5.56. The van der Waals surface area contributed by atoms with Gasteiger partial charge in [-0.15, -0.1) is 0 Å². The van der Waals surface area contributed by atoms with E-state index in [1.54, 1.807) is 0 Å². The van der Waals surface area contributed by atoms with Gasteiger partial charge in [0.1, 0.15) is 0 Å². The summed E-state index contributed by atoms with van der Waals surface area (Å²) >= 11 is 0. The zero-order valence-corrected chi connectivity index (χ0v) is 8.76. The molecule has 0 radical (unpaired) electrons. The Morgan fingerprint density at radius 3 is 2.31 bits per heavy atom. The highest BCUT2D eigenvalue weighted by Gasteiger charge is 2.11. The fourth-order valence-electron chi connectivity index (χ4n) is 1.59. The molecule has 1 heterocycles. The Morgan fingerprint density at radius 2 is 1.69 bits per heavy atom. The second-order valence-corrected chi connectivity index (χ2v) is 3.73. The predicted molar refractivity (Wildman–Crippen MR) is 53.7 cm³/mol. The van der Waals surface area contributed by atoms with Crippen molar-refractivity contribution in [3.05, 3.63) is 0 Å². The second-order valence-electron chi connectivity index (χ2n) is 3.73. The van der Waals surface area contributed by atoms with Gasteiger partial charge < -0.3 is 9.47 Å². The van der Waals surface area contributed by atoms with Crippen molar-refractivity contribution in [1.29, 1.82) is 0 Å². The van der Waals surface area contributed by atoms with Crippen molar-refractivity contribution in [2.75, 3.05) is 13.2 Å². The van der Waals surface area contributed by atoms with Gasteiger partial charge in [0, 0.05) is 13.2 Å². The summed E-state index contributed by atoms with van der Waals surface area (Å²) in [7, 11) is 0. The molecular weight excluding hydrogens is 164 g/mol. The molecule has 13 heavy (non-hydrogen) atoms. The highest BCUT2D eigenvalue weighted by atomic mass is 16.7. The summed E-state index contributed by atoms with van der Waals surface area (Å²) in [6.45, 7) is 4.01. The molecule has 2 nitrogen and oxygen atoms in total. The molecule has 0 aliphatic carbocycles. The minimum atomic E-state index is 0.0966. The average Bonchev–Trinajstić information content (AvgIpc) is 2.41. The molecule has 0 aromatic carbocycles. The first-order chi connectivity index (χ1) is 6.43. The third-order valence-corrected chi connectivity index (χ3v) is 2.44. The van der Waals surface area contributed by atoms with Crippen LogP contribution < -0.4 is 0 Å². The summed E-state index contributed by atoms with van der Waals surface area (Å²) in [5.41, 5.74) is 0. The van der Waals surface area contributed by atoms with E-state index in [0.29, 0.717) is 0 Å². The van der Waals surface area contributed by atoms with Crippen LogP contribution in [0.5, 0.6) is 0 Å². The second kappa shape index (κ2) is 7.34. The fourth-order valence-corrected chi connectivity index (χ4v) is 1.59. The molecule has 0 unspecified atom stereocenters. The normalized spacial score (nSPS) is 20.1. The molecule has 1 aliphatic rings. The van der Waals surface area contributed by atoms with E-state index in [0.717, 1.165) is 32.5 Å². The van der Waals surface area contributed by atoms with Crippen LogP contribution in [0.15, 0.2) is 0 Å². The van der Waals surface area contributed by atoms with Crippen molar-refractivity contribution < 1.29 is 9.47 Å². The zero-order chi connectivity index (χ0) is 9.36. The van der Waals surface area contributed by atoms with Crippen LogP contribution in [0.3, 0.4) is 0 Å². The molecule has 0 spiro atoms. The Kier molecular flexibility index (Phi) is 6.21. The van der Waals surface area contributed by atoms with Crippen molar-refractivity contribution in [2.45, 2.75) is 58.2 Å². The molecule has 0 amide bonds. The smallest absolute Gasteiger partial charge is 0.157 e. The molecule has 0 N–H and O–H groups in total. The summed E-state index contributed by atoms with van der Waals surface area (Å²) < 4.78 is 11.1. The van der Waals surface area contributed by atoms with Crippen molar-refractivity contribution in [3.8, 4) is 0 Å². The van der Waals surface area contributed by atoms with Gasteiger partial charge in [0.2, 0.25) is 0 Å². The van der Waals surface area contributed by atoms with Gasteiger partial charge in [-0.1, -0.05) is 26.2 Å². The Balaban J connectivity index is 1.98. The lowest BCUT2D eigenvalue weighted by Crippen LogP contribution is -2.15. The molecule has 0 saturated carbocycles. The predicted octanol–water partition coefficient (Wildman–Crippen LogP) is 3.11. The van der Waals surface area contributed by atoms with Crippen LogP contribution in [0.25, 0.3) is 0 Å². The van der Waals surface area contributed by atoms with E-state index in [2.05, 4.69) is 6.92 Å². The van der Waals surface area contributed by atoms with Gasteiger partial charge in [-0.3, -0.25) is 0 Å². The van der Waals surface area contributed by atoms with Crippen LogP contribution in [0.4, 0.5) is 0 Å². The quantitative estimate of drug-likeness (QED) is 0.614. The maximum Gasteiger partial charge on any atom is 0.157 e. The first kappa shape index (κ1) is 11.0. The van der Waals surface area contributed by atoms with Crippen LogP contribution >= 0.6 is 0 Å². The van der Waals surface area contributed by atoms with Gasteiger partial charge >= 0.3 is 0 Å². The van der Waals surface area contributed by atoms with Crippen molar-refractivity contribution in [1.82, 2.24) is 0 Å². The molecule has 1 saturated heterocycles. The highest BCUT2D eigenvalue weighted by molar-refractivity contribution is 4.52. The highest BCUT2D eigenvalue weighted by Crippen LogP contribution is 2.13. The Morgan fingerprint density at radius 1 is 1.00 bits per heavy atom. The van der Waals surface area contributed by atoms with Gasteiger partial charge in [0.25, 0.3) is 0 Å². The molecule has 0 aromatic rings. The molecule has 78 valence electrons. The van der Waals surface area contributed by atoms with Gasteiger partial charge in [-0.2, -0.15) is 0 Å². The molecule has 1 rings (SSSR count). The minimum Gasteiger partial charge on any atom is -0.353 e. The Bertz CT molecular complexity index is 107. The SMILES string of the molecule is CCCCCCC1OCCCCO1. The maximum atomic E-state index is 5.56. The van der Waals surface area contributed by atoms with Gasteiger partial charge in [0.05, 0.1) is 0 Å². The van der Waals surface area contributed by atoms with Crippen molar-refractivity contribution in [2.24, 2.45) is 0 Å². The molecular formula is C11H22O2. The van der Waals surface area contributed by atoms with E-state index in [1.165, 1.54) is 25.7 Å². The summed E-state index contributed by atoms with van der Waals surface area (Å²) in [6, 6.07) is 0.